The second-order valence-corrected chi connectivity index (χ2v) is 9.57. The third kappa shape index (κ3) is 4.63. The molecular weight excluding hydrogens is 462 g/mol. The molecule has 2 aromatic carbocycles. The van der Waals surface area contributed by atoms with Gasteiger partial charge in [0.25, 0.3) is 11.1 Å². The zero-order valence-electron chi connectivity index (χ0n) is 15.3. The Balaban J connectivity index is 1.80. The van der Waals surface area contributed by atoms with E-state index in [-0.39, 0.29) is 16.9 Å². The van der Waals surface area contributed by atoms with Crippen LogP contribution in [0.5, 0.6) is 5.75 Å². The van der Waals surface area contributed by atoms with E-state index in [1.54, 1.807) is 18.4 Å². The zero-order chi connectivity index (χ0) is 20.4. The van der Waals surface area contributed by atoms with Gasteiger partial charge in [-0.25, -0.2) is 0 Å². The predicted molar refractivity (Wildman–Crippen MR) is 116 cm³/mol. The van der Waals surface area contributed by atoms with Crippen molar-refractivity contribution in [3.05, 3.63) is 62.5 Å². The van der Waals surface area contributed by atoms with Crippen molar-refractivity contribution < 1.29 is 19.2 Å². The minimum atomic E-state index is -1.01. The van der Waals surface area contributed by atoms with Gasteiger partial charge in [-0.2, -0.15) is 0 Å². The highest BCUT2D eigenvalue weighted by Gasteiger charge is 2.32. The Kier molecular flexibility index (Phi) is 6.54. The number of carbonyl (C=O) groups excluding carboxylic acids is 2. The number of phenolic OH excluding ortho intramolecular Hbond substituents is 1. The van der Waals surface area contributed by atoms with E-state index in [0.717, 1.165) is 38.2 Å². The number of halogens is 1. The fourth-order valence-electron chi connectivity index (χ4n) is 2.75. The molecule has 28 heavy (non-hydrogen) atoms. The Morgan fingerprint density at radius 2 is 1.89 bits per heavy atom. The molecule has 0 aromatic heterocycles. The lowest BCUT2D eigenvalue weighted by molar-refractivity contribution is -0.121. The summed E-state index contributed by atoms with van der Waals surface area (Å²) in [6.45, 7) is 0. The molecule has 0 aliphatic carbocycles. The van der Waals surface area contributed by atoms with Crippen LogP contribution in [0.3, 0.4) is 0 Å². The first kappa shape index (κ1) is 21.0. The van der Waals surface area contributed by atoms with Gasteiger partial charge in [0.1, 0.15) is 12.0 Å². The fraction of sp³-hybridized carbons (Fsp3) is 0.200. The largest absolute Gasteiger partial charge is 0.612 e. The van der Waals surface area contributed by atoms with Crippen LogP contribution in [0.25, 0.3) is 6.08 Å². The molecule has 1 unspecified atom stereocenters. The number of likely N-dealkylation sites (N-methyl/N-ethyl adjacent to an activating group) is 1. The van der Waals surface area contributed by atoms with Gasteiger partial charge in [-0.3, -0.25) is 14.5 Å². The van der Waals surface area contributed by atoms with Crippen molar-refractivity contribution in [3.8, 4) is 5.75 Å². The van der Waals surface area contributed by atoms with E-state index in [1.165, 1.54) is 7.05 Å². The topological polar surface area (TPSA) is 80.7 Å². The predicted octanol–water partition coefficient (Wildman–Crippen LogP) is 4.34. The van der Waals surface area contributed by atoms with Crippen LogP contribution in [0, 0.1) is 0 Å². The second kappa shape index (κ2) is 8.73. The summed E-state index contributed by atoms with van der Waals surface area (Å²) >= 11 is 3.30. The minimum absolute atomic E-state index is 0.166. The molecule has 146 valence electrons. The lowest BCUT2D eigenvalue weighted by Crippen LogP contribution is -2.22. The fourth-order valence-corrected chi connectivity index (χ4v) is 4.53. The van der Waals surface area contributed by atoms with Gasteiger partial charge in [0, 0.05) is 11.5 Å². The van der Waals surface area contributed by atoms with Gasteiger partial charge in [-0.1, -0.05) is 28.1 Å². The second-order valence-electron chi connectivity index (χ2n) is 6.34. The average Bonchev–Trinajstić information content (AvgIpc) is 2.90. The highest BCUT2D eigenvalue weighted by Crippen LogP contribution is 2.35. The normalized spacial score (nSPS) is 16.9. The summed E-state index contributed by atoms with van der Waals surface area (Å²) < 4.78 is 12.1. The molecule has 0 radical (unpaired) electrons. The van der Waals surface area contributed by atoms with Crippen LogP contribution < -0.4 is 0 Å². The van der Waals surface area contributed by atoms with E-state index < -0.39 is 11.2 Å². The maximum Gasteiger partial charge on any atom is 0.293 e. The highest BCUT2D eigenvalue weighted by atomic mass is 79.9. The van der Waals surface area contributed by atoms with E-state index in [2.05, 4.69) is 15.9 Å². The Hall–Kier alpha value is -1.74. The maximum atomic E-state index is 12.1. The number of aryl methyl sites for hydroxylation is 2. The van der Waals surface area contributed by atoms with Gasteiger partial charge in [0.05, 0.1) is 4.91 Å². The number of hydrogen-bond donors (Lipinski definition) is 1. The molecule has 0 spiro atoms. The van der Waals surface area contributed by atoms with Crippen molar-refractivity contribution in [3.63, 3.8) is 0 Å². The summed E-state index contributed by atoms with van der Waals surface area (Å²) in [6, 6.07) is 11.0. The van der Waals surface area contributed by atoms with Crippen LogP contribution in [0.15, 0.2) is 50.7 Å². The van der Waals surface area contributed by atoms with E-state index in [4.69, 9.17) is 0 Å². The summed E-state index contributed by atoms with van der Waals surface area (Å²) in [6.07, 6.45) is 4.61. The molecule has 1 saturated heterocycles. The van der Waals surface area contributed by atoms with Gasteiger partial charge in [-0.15, -0.1) is 0 Å². The summed E-state index contributed by atoms with van der Waals surface area (Å²) in [5.74, 6) is -0.163. The molecule has 5 nitrogen and oxygen atoms in total. The molecule has 2 aromatic rings. The van der Waals surface area contributed by atoms with Crippen LogP contribution in [-0.2, 0) is 28.8 Å². The summed E-state index contributed by atoms with van der Waals surface area (Å²) in [5.41, 5.74) is 2.54. The molecule has 1 N–H and O–H groups in total. The third-order valence-corrected chi connectivity index (χ3v) is 6.99. The molecule has 1 fully saturated rings. The smallest absolute Gasteiger partial charge is 0.293 e. The number of aromatic hydroxyl groups is 1. The minimum Gasteiger partial charge on any atom is -0.612 e. The van der Waals surface area contributed by atoms with Crippen molar-refractivity contribution in [2.75, 3.05) is 13.3 Å². The van der Waals surface area contributed by atoms with Crippen LogP contribution in [0.1, 0.15) is 16.7 Å². The molecule has 1 atom stereocenters. The molecule has 8 heteroatoms. The van der Waals surface area contributed by atoms with Crippen molar-refractivity contribution in [2.45, 2.75) is 17.7 Å². The van der Waals surface area contributed by atoms with Crippen molar-refractivity contribution >= 4 is 56.1 Å². The molecule has 1 aliphatic rings. The van der Waals surface area contributed by atoms with Crippen molar-refractivity contribution in [1.29, 1.82) is 0 Å². The Bertz CT molecular complexity index is 957. The summed E-state index contributed by atoms with van der Waals surface area (Å²) in [7, 11) is 1.45. The Morgan fingerprint density at radius 3 is 2.46 bits per heavy atom. The Labute approximate surface area is 179 Å². The molecular formula is C20H18BrNO4S2. The summed E-state index contributed by atoms with van der Waals surface area (Å²) in [5, 5.41) is 9.98. The maximum absolute atomic E-state index is 12.1. The number of hydrogen-bond acceptors (Lipinski definition) is 5. The van der Waals surface area contributed by atoms with Crippen LogP contribution in [-0.4, -0.2) is 39.0 Å². The van der Waals surface area contributed by atoms with Crippen molar-refractivity contribution in [1.82, 2.24) is 4.90 Å². The average molecular weight is 480 g/mol. The highest BCUT2D eigenvalue weighted by molar-refractivity contribution is 9.10. The van der Waals surface area contributed by atoms with Gasteiger partial charge < -0.3 is 9.66 Å². The molecule has 1 aliphatic heterocycles. The molecule has 1 heterocycles. The number of carbonyl (C=O) groups is 2. The molecule has 0 bridgehead atoms. The monoisotopic (exact) mass is 479 g/mol. The van der Waals surface area contributed by atoms with Gasteiger partial charge in [0.2, 0.25) is 0 Å². The number of nitrogens with zero attached hydrogens (tertiary/aromatic N) is 1. The number of amides is 2. The van der Waals surface area contributed by atoms with Gasteiger partial charge >= 0.3 is 0 Å². The Morgan fingerprint density at radius 1 is 1.21 bits per heavy atom. The van der Waals surface area contributed by atoms with E-state index in [1.807, 2.05) is 30.3 Å². The first-order valence-electron chi connectivity index (χ1n) is 8.41. The standard InChI is InChI=1S/C20H18BrNO4S2/c1-22-19(24)18(27-20(22)25)10-14-9-13(17(23)11-16(14)21)6-3-12-4-7-15(8-5-12)28(2)26/h4-5,7-11,23H,3,6H2,1-2H3/b18-10-. The van der Waals surface area contributed by atoms with Gasteiger partial charge in [0.15, 0.2) is 4.90 Å². The lowest BCUT2D eigenvalue weighted by atomic mass is 10.0. The van der Waals surface area contributed by atoms with Crippen LogP contribution in [0.2, 0.25) is 0 Å². The molecule has 0 saturated carbocycles. The first-order valence-corrected chi connectivity index (χ1v) is 11.6. The first-order chi connectivity index (χ1) is 13.3. The SMILES string of the molecule is CN1C(=O)S/C(=C\c2cc(CCc3ccc([S+](C)[O-])cc3)c(O)cc2Br)C1=O. The molecule has 2 amide bonds. The van der Waals surface area contributed by atoms with Gasteiger partial charge in [-0.05, 0) is 82.8 Å². The van der Waals surface area contributed by atoms with Crippen molar-refractivity contribution in [2.24, 2.45) is 0 Å². The number of phenols is 1. The van der Waals surface area contributed by atoms with E-state index >= 15 is 0 Å². The number of thioether (sulfide) groups is 1. The number of imide groups is 1. The number of benzene rings is 2. The molecule has 3 rings (SSSR count). The van der Waals surface area contributed by atoms with Crippen LogP contribution >= 0.6 is 27.7 Å². The third-order valence-electron chi connectivity index (χ3n) is 4.41. The lowest BCUT2D eigenvalue weighted by Gasteiger charge is -2.10. The van der Waals surface area contributed by atoms with Crippen LogP contribution in [0.4, 0.5) is 4.79 Å². The van der Waals surface area contributed by atoms with E-state index in [0.29, 0.717) is 22.2 Å². The quantitative estimate of drug-likeness (QED) is 0.509. The summed E-state index contributed by atoms with van der Waals surface area (Å²) in [4.78, 5) is 26.0. The zero-order valence-corrected chi connectivity index (χ0v) is 18.5. The van der Waals surface area contributed by atoms with E-state index in [9.17, 15) is 19.2 Å². The number of rotatable bonds is 5.